The van der Waals surface area contributed by atoms with Gasteiger partial charge in [0.15, 0.2) is 0 Å². The van der Waals surface area contributed by atoms with E-state index in [1.807, 2.05) is 37.3 Å². The molecule has 1 heterocycles. The fourth-order valence-electron chi connectivity index (χ4n) is 2.10. The standard InChI is InChI=1S/C17H13NO3S/c1-10-2-4-11(5-3-10)8-15-16(19)18-13-9-12(17(20)21)6-7-14(13)22-15/h2-9H,1H3,(H,18,19)(H,20,21)/p-1. The first-order valence-corrected chi connectivity index (χ1v) is 7.47. The van der Waals surface area contributed by atoms with Crippen molar-refractivity contribution in [3.63, 3.8) is 0 Å². The summed E-state index contributed by atoms with van der Waals surface area (Å²) in [4.78, 5) is 24.4. The predicted octanol–water partition coefficient (Wildman–Crippen LogP) is 2.44. The first-order chi connectivity index (χ1) is 10.5. The van der Waals surface area contributed by atoms with Gasteiger partial charge in [-0.1, -0.05) is 47.7 Å². The Balaban J connectivity index is 1.93. The van der Waals surface area contributed by atoms with Gasteiger partial charge in [0, 0.05) is 4.90 Å². The van der Waals surface area contributed by atoms with Crippen molar-refractivity contribution in [2.75, 3.05) is 5.32 Å². The van der Waals surface area contributed by atoms with E-state index in [2.05, 4.69) is 5.32 Å². The first-order valence-electron chi connectivity index (χ1n) is 6.66. The van der Waals surface area contributed by atoms with Gasteiger partial charge in [-0.3, -0.25) is 4.79 Å². The zero-order valence-electron chi connectivity index (χ0n) is 11.8. The molecule has 110 valence electrons. The van der Waals surface area contributed by atoms with Crippen LogP contribution in [-0.2, 0) is 4.79 Å². The summed E-state index contributed by atoms with van der Waals surface area (Å²) in [6, 6.07) is 12.4. The van der Waals surface area contributed by atoms with Gasteiger partial charge in [0.05, 0.1) is 16.6 Å². The number of hydrogen-bond donors (Lipinski definition) is 1. The van der Waals surface area contributed by atoms with E-state index in [0.29, 0.717) is 10.6 Å². The Labute approximate surface area is 131 Å². The number of thioether (sulfide) groups is 1. The van der Waals surface area contributed by atoms with E-state index in [0.717, 1.165) is 16.0 Å². The molecule has 0 bridgehead atoms. The van der Waals surface area contributed by atoms with Crippen molar-refractivity contribution in [2.24, 2.45) is 0 Å². The average Bonchev–Trinajstić information content (AvgIpc) is 2.49. The van der Waals surface area contributed by atoms with Gasteiger partial charge >= 0.3 is 0 Å². The molecule has 1 amide bonds. The summed E-state index contributed by atoms with van der Waals surface area (Å²) < 4.78 is 0. The number of carbonyl (C=O) groups is 2. The summed E-state index contributed by atoms with van der Waals surface area (Å²) in [6.07, 6.45) is 1.81. The minimum Gasteiger partial charge on any atom is -0.545 e. The molecule has 5 heteroatoms. The summed E-state index contributed by atoms with van der Waals surface area (Å²) in [6.45, 7) is 2.00. The lowest BCUT2D eigenvalue weighted by atomic mass is 10.1. The molecule has 2 aromatic carbocycles. The Bertz CT molecular complexity index is 794. The van der Waals surface area contributed by atoms with E-state index in [-0.39, 0.29) is 11.5 Å². The third kappa shape index (κ3) is 2.89. The lowest BCUT2D eigenvalue weighted by Crippen LogP contribution is -2.23. The van der Waals surface area contributed by atoms with Crippen molar-refractivity contribution in [1.82, 2.24) is 0 Å². The molecule has 1 aliphatic rings. The SMILES string of the molecule is Cc1ccc(C=C2Sc3ccc(C(=O)[O-])cc3NC2=O)cc1. The fourth-order valence-corrected chi connectivity index (χ4v) is 3.03. The van der Waals surface area contributed by atoms with Gasteiger partial charge in [-0.05, 0) is 36.3 Å². The Hall–Kier alpha value is -2.53. The van der Waals surface area contributed by atoms with Crippen LogP contribution in [0.3, 0.4) is 0 Å². The number of carboxylic acid groups (broad SMARTS) is 1. The highest BCUT2D eigenvalue weighted by atomic mass is 32.2. The summed E-state index contributed by atoms with van der Waals surface area (Å²) in [5.41, 5.74) is 2.64. The number of anilines is 1. The Kier molecular flexibility index (Phi) is 3.73. The molecule has 3 rings (SSSR count). The van der Waals surface area contributed by atoms with Crippen LogP contribution in [0.1, 0.15) is 21.5 Å². The van der Waals surface area contributed by atoms with Crippen molar-refractivity contribution in [3.05, 3.63) is 64.1 Å². The van der Waals surface area contributed by atoms with Crippen LogP contribution in [-0.4, -0.2) is 11.9 Å². The molecule has 0 radical (unpaired) electrons. The molecule has 0 fully saturated rings. The number of aromatic carboxylic acids is 1. The third-order valence-corrected chi connectivity index (χ3v) is 4.38. The zero-order valence-corrected chi connectivity index (χ0v) is 12.6. The largest absolute Gasteiger partial charge is 0.545 e. The van der Waals surface area contributed by atoms with Crippen molar-refractivity contribution < 1.29 is 14.7 Å². The van der Waals surface area contributed by atoms with Crippen LogP contribution in [0, 0.1) is 6.92 Å². The van der Waals surface area contributed by atoms with Gasteiger partial charge in [-0.15, -0.1) is 0 Å². The molecule has 4 nitrogen and oxygen atoms in total. The number of nitrogens with one attached hydrogen (secondary N) is 1. The smallest absolute Gasteiger partial charge is 0.262 e. The van der Waals surface area contributed by atoms with Crippen molar-refractivity contribution >= 4 is 35.4 Å². The maximum Gasteiger partial charge on any atom is 0.262 e. The highest BCUT2D eigenvalue weighted by Crippen LogP contribution is 2.39. The molecular formula is C17H12NO3S-. The molecule has 0 atom stereocenters. The summed E-state index contributed by atoms with van der Waals surface area (Å²) in [7, 11) is 0. The summed E-state index contributed by atoms with van der Waals surface area (Å²) in [5.74, 6) is -1.50. The molecule has 2 aromatic rings. The maximum atomic E-state index is 12.1. The van der Waals surface area contributed by atoms with E-state index in [1.165, 1.54) is 23.9 Å². The van der Waals surface area contributed by atoms with Crippen LogP contribution in [0.15, 0.2) is 52.3 Å². The minimum atomic E-state index is -1.26. The summed E-state index contributed by atoms with van der Waals surface area (Å²) >= 11 is 1.32. The molecule has 0 aliphatic carbocycles. The van der Waals surface area contributed by atoms with Gasteiger partial charge in [-0.2, -0.15) is 0 Å². The number of amides is 1. The maximum absolute atomic E-state index is 12.1. The highest BCUT2D eigenvalue weighted by Gasteiger charge is 2.21. The molecule has 22 heavy (non-hydrogen) atoms. The van der Waals surface area contributed by atoms with Crippen LogP contribution in [0.2, 0.25) is 0 Å². The first kappa shape index (κ1) is 14.4. The molecule has 1 aliphatic heterocycles. The topological polar surface area (TPSA) is 69.2 Å². The number of fused-ring (bicyclic) bond motifs is 1. The number of hydrogen-bond acceptors (Lipinski definition) is 4. The predicted molar refractivity (Wildman–Crippen MR) is 84.4 cm³/mol. The van der Waals surface area contributed by atoms with Gasteiger partial charge < -0.3 is 15.2 Å². The van der Waals surface area contributed by atoms with Crippen molar-refractivity contribution in [2.45, 2.75) is 11.8 Å². The Morgan fingerprint density at radius 1 is 1.18 bits per heavy atom. The lowest BCUT2D eigenvalue weighted by molar-refractivity contribution is -0.255. The normalized spacial score (nSPS) is 15.3. The van der Waals surface area contributed by atoms with Gasteiger partial charge in [0.25, 0.3) is 5.91 Å². The van der Waals surface area contributed by atoms with Crippen LogP contribution in [0.5, 0.6) is 0 Å². The number of rotatable bonds is 2. The highest BCUT2D eigenvalue weighted by molar-refractivity contribution is 8.04. The van der Waals surface area contributed by atoms with E-state index >= 15 is 0 Å². The van der Waals surface area contributed by atoms with Gasteiger partial charge in [0.1, 0.15) is 0 Å². The molecule has 0 saturated carbocycles. The lowest BCUT2D eigenvalue weighted by Gasteiger charge is -2.19. The molecule has 0 saturated heterocycles. The molecule has 1 N–H and O–H groups in total. The van der Waals surface area contributed by atoms with Crippen molar-refractivity contribution in [3.8, 4) is 0 Å². The van der Waals surface area contributed by atoms with Gasteiger partial charge in [0.2, 0.25) is 0 Å². The zero-order chi connectivity index (χ0) is 15.7. The molecular weight excluding hydrogens is 298 g/mol. The van der Waals surface area contributed by atoms with Crippen LogP contribution in [0.25, 0.3) is 6.08 Å². The fraction of sp³-hybridized carbons (Fsp3) is 0.0588. The number of carboxylic acids is 1. The van der Waals surface area contributed by atoms with E-state index in [9.17, 15) is 14.7 Å². The Morgan fingerprint density at radius 2 is 1.91 bits per heavy atom. The molecule has 0 spiro atoms. The molecule has 0 aromatic heterocycles. The number of carbonyl (C=O) groups excluding carboxylic acids is 2. The number of aryl methyl sites for hydroxylation is 1. The van der Waals surface area contributed by atoms with E-state index < -0.39 is 5.97 Å². The minimum absolute atomic E-state index is 0.0469. The third-order valence-electron chi connectivity index (χ3n) is 3.28. The van der Waals surface area contributed by atoms with Crippen LogP contribution >= 0.6 is 11.8 Å². The second-order valence-corrected chi connectivity index (χ2v) is 6.06. The Morgan fingerprint density at radius 3 is 2.59 bits per heavy atom. The summed E-state index contributed by atoms with van der Waals surface area (Å²) in [5, 5.41) is 13.6. The van der Waals surface area contributed by atoms with Crippen LogP contribution < -0.4 is 10.4 Å². The second kappa shape index (κ2) is 5.69. The van der Waals surface area contributed by atoms with E-state index in [4.69, 9.17) is 0 Å². The number of benzene rings is 2. The average molecular weight is 310 g/mol. The van der Waals surface area contributed by atoms with Crippen molar-refractivity contribution in [1.29, 1.82) is 0 Å². The van der Waals surface area contributed by atoms with E-state index in [1.54, 1.807) is 6.07 Å². The van der Waals surface area contributed by atoms with Gasteiger partial charge in [-0.25, -0.2) is 0 Å². The van der Waals surface area contributed by atoms with Crippen LogP contribution in [0.4, 0.5) is 5.69 Å². The quantitative estimate of drug-likeness (QED) is 0.865. The second-order valence-electron chi connectivity index (χ2n) is 4.97. The monoisotopic (exact) mass is 310 g/mol. The molecule has 0 unspecified atom stereocenters.